The van der Waals surface area contributed by atoms with Crippen molar-refractivity contribution in [2.75, 3.05) is 0 Å². The van der Waals surface area contributed by atoms with Crippen molar-refractivity contribution >= 4 is 11.6 Å². The first-order chi connectivity index (χ1) is 9.66. The standard InChI is InChI=1S/C18H16O2/c1-12(19)13-6-8-15(9-7-13)17-11-10-14-4-2-3-5-16(14)18(17)20/h2-9,17H,10-11H2,1H3. The Morgan fingerprint density at radius 2 is 1.75 bits per heavy atom. The average Bonchev–Trinajstić information content (AvgIpc) is 2.48. The van der Waals surface area contributed by atoms with Crippen molar-refractivity contribution in [2.45, 2.75) is 25.7 Å². The summed E-state index contributed by atoms with van der Waals surface area (Å²) in [5.74, 6) is 0.171. The minimum Gasteiger partial charge on any atom is -0.295 e. The summed E-state index contributed by atoms with van der Waals surface area (Å²) < 4.78 is 0. The highest BCUT2D eigenvalue weighted by molar-refractivity contribution is 6.03. The third kappa shape index (κ3) is 2.18. The molecular weight excluding hydrogens is 248 g/mol. The van der Waals surface area contributed by atoms with Gasteiger partial charge in [-0.05, 0) is 30.9 Å². The van der Waals surface area contributed by atoms with Gasteiger partial charge in [-0.15, -0.1) is 0 Å². The van der Waals surface area contributed by atoms with E-state index in [2.05, 4.69) is 0 Å². The smallest absolute Gasteiger partial charge is 0.170 e. The molecule has 100 valence electrons. The molecule has 1 unspecified atom stereocenters. The number of hydrogen-bond donors (Lipinski definition) is 0. The van der Waals surface area contributed by atoms with E-state index in [1.165, 1.54) is 0 Å². The summed E-state index contributed by atoms with van der Waals surface area (Å²) in [6.07, 6.45) is 1.77. The monoisotopic (exact) mass is 264 g/mol. The molecule has 2 aromatic rings. The molecule has 0 aliphatic heterocycles. The summed E-state index contributed by atoms with van der Waals surface area (Å²) in [5.41, 5.74) is 3.69. The van der Waals surface area contributed by atoms with E-state index in [0.717, 1.165) is 29.5 Å². The zero-order valence-corrected chi connectivity index (χ0v) is 11.4. The van der Waals surface area contributed by atoms with Crippen LogP contribution >= 0.6 is 0 Å². The van der Waals surface area contributed by atoms with Gasteiger partial charge in [0.05, 0.1) is 0 Å². The van der Waals surface area contributed by atoms with E-state index >= 15 is 0 Å². The van der Waals surface area contributed by atoms with Gasteiger partial charge >= 0.3 is 0 Å². The first-order valence-electron chi connectivity index (χ1n) is 6.90. The highest BCUT2D eigenvalue weighted by atomic mass is 16.1. The number of Topliss-reactive ketones (excluding diaryl/α,β-unsaturated/α-hetero) is 2. The van der Waals surface area contributed by atoms with Crippen LogP contribution in [0, 0.1) is 0 Å². The van der Waals surface area contributed by atoms with Gasteiger partial charge in [0.15, 0.2) is 11.6 Å². The maximum absolute atomic E-state index is 12.6. The molecule has 2 aromatic carbocycles. The van der Waals surface area contributed by atoms with Crippen molar-refractivity contribution in [1.29, 1.82) is 0 Å². The van der Waals surface area contributed by atoms with Crippen molar-refractivity contribution in [2.24, 2.45) is 0 Å². The summed E-state index contributed by atoms with van der Waals surface area (Å²) in [4.78, 5) is 23.9. The zero-order chi connectivity index (χ0) is 14.1. The molecule has 20 heavy (non-hydrogen) atoms. The molecule has 2 nitrogen and oxygen atoms in total. The number of ketones is 2. The van der Waals surface area contributed by atoms with E-state index in [1.54, 1.807) is 6.92 Å². The molecule has 0 radical (unpaired) electrons. The Morgan fingerprint density at radius 3 is 2.45 bits per heavy atom. The molecule has 0 saturated carbocycles. The van der Waals surface area contributed by atoms with Crippen molar-refractivity contribution in [3.63, 3.8) is 0 Å². The fraction of sp³-hybridized carbons (Fsp3) is 0.222. The Bertz CT molecular complexity index is 668. The molecule has 0 heterocycles. The van der Waals surface area contributed by atoms with Gasteiger partial charge in [0.1, 0.15) is 0 Å². The second kappa shape index (κ2) is 5.04. The highest BCUT2D eigenvalue weighted by Crippen LogP contribution is 2.32. The number of aryl methyl sites for hydroxylation is 1. The number of carbonyl (C=O) groups is 2. The predicted octanol–water partition coefficient (Wildman–Crippen LogP) is 3.80. The lowest BCUT2D eigenvalue weighted by atomic mass is 9.79. The van der Waals surface area contributed by atoms with E-state index in [0.29, 0.717) is 5.56 Å². The van der Waals surface area contributed by atoms with Gasteiger partial charge in [-0.3, -0.25) is 9.59 Å². The van der Waals surface area contributed by atoms with Crippen LogP contribution in [-0.2, 0) is 6.42 Å². The molecule has 1 atom stereocenters. The minimum atomic E-state index is -0.0779. The van der Waals surface area contributed by atoms with Gasteiger partial charge in [0.25, 0.3) is 0 Å². The van der Waals surface area contributed by atoms with Crippen LogP contribution in [0.3, 0.4) is 0 Å². The summed E-state index contributed by atoms with van der Waals surface area (Å²) in [7, 11) is 0. The van der Waals surface area contributed by atoms with Crippen LogP contribution in [-0.4, -0.2) is 11.6 Å². The first kappa shape index (κ1) is 12.8. The summed E-state index contributed by atoms with van der Waals surface area (Å²) in [6.45, 7) is 1.55. The summed E-state index contributed by atoms with van der Waals surface area (Å²) >= 11 is 0. The lowest BCUT2D eigenvalue weighted by molar-refractivity contribution is 0.0945. The number of carbonyl (C=O) groups excluding carboxylic acids is 2. The third-order valence-electron chi connectivity index (χ3n) is 4.02. The van der Waals surface area contributed by atoms with Gasteiger partial charge in [-0.25, -0.2) is 0 Å². The number of rotatable bonds is 2. The first-order valence-corrected chi connectivity index (χ1v) is 6.90. The Hall–Kier alpha value is -2.22. The SMILES string of the molecule is CC(=O)c1ccc(C2CCc3ccccc3C2=O)cc1. The molecule has 0 amide bonds. The van der Waals surface area contributed by atoms with E-state index in [9.17, 15) is 9.59 Å². The van der Waals surface area contributed by atoms with E-state index < -0.39 is 0 Å². The van der Waals surface area contributed by atoms with E-state index in [4.69, 9.17) is 0 Å². The van der Waals surface area contributed by atoms with Crippen molar-refractivity contribution < 1.29 is 9.59 Å². The van der Waals surface area contributed by atoms with Crippen LogP contribution in [0.1, 0.15) is 51.1 Å². The number of hydrogen-bond acceptors (Lipinski definition) is 2. The Kier molecular flexibility index (Phi) is 3.23. The van der Waals surface area contributed by atoms with Gasteiger partial charge in [0.2, 0.25) is 0 Å². The van der Waals surface area contributed by atoms with Crippen LogP contribution in [0.5, 0.6) is 0 Å². The second-order valence-corrected chi connectivity index (χ2v) is 5.29. The molecule has 3 rings (SSSR count). The molecule has 0 N–H and O–H groups in total. The lowest BCUT2D eigenvalue weighted by Crippen LogP contribution is -2.20. The lowest BCUT2D eigenvalue weighted by Gasteiger charge is -2.23. The van der Waals surface area contributed by atoms with Crippen molar-refractivity contribution in [3.8, 4) is 0 Å². The Balaban J connectivity index is 1.92. The minimum absolute atomic E-state index is 0.0527. The largest absolute Gasteiger partial charge is 0.295 e. The summed E-state index contributed by atoms with van der Waals surface area (Å²) in [6, 6.07) is 15.3. The molecule has 1 aliphatic rings. The topological polar surface area (TPSA) is 34.1 Å². The second-order valence-electron chi connectivity index (χ2n) is 5.29. The number of fused-ring (bicyclic) bond motifs is 1. The quantitative estimate of drug-likeness (QED) is 0.773. The molecule has 2 heteroatoms. The van der Waals surface area contributed by atoms with Crippen LogP contribution < -0.4 is 0 Å². The highest BCUT2D eigenvalue weighted by Gasteiger charge is 2.28. The Morgan fingerprint density at radius 1 is 1.05 bits per heavy atom. The molecule has 0 spiro atoms. The van der Waals surface area contributed by atoms with Crippen LogP contribution in [0.25, 0.3) is 0 Å². The summed E-state index contributed by atoms with van der Waals surface area (Å²) in [5, 5.41) is 0. The van der Waals surface area contributed by atoms with Gasteiger partial charge in [-0.2, -0.15) is 0 Å². The maximum Gasteiger partial charge on any atom is 0.170 e. The van der Waals surface area contributed by atoms with Crippen molar-refractivity contribution in [3.05, 3.63) is 70.8 Å². The molecule has 0 bridgehead atoms. The molecule has 0 aromatic heterocycles. The fourth-order valence-electron chi connectivity index (χ4n) is 2.87. The van der Waals surface area contributed by atoms with Gasteiger partial charge in [0, 0.05) is 17.0 Å². The van der Waals surface area contributed by atoms with Crippen LogP contribution in [0.2, 0.25) is 0 Å². The predicted molar refractivity (Wildman–Crippen MR) is 78.3 cm³/mol. The number of benzene rings is 2. The van der Waals surface area contributed by atoms with Crippen LogP contribution in [0.4, 0.5) is 0 Å². The van der Waals surface area contributed by atoms with Crippen molar-refractivity contribution in [1.82, 2.24) is 0 Å². The molecule has 0 saturated heterocycles. The van der Waals surface area contributed by atoms with Gasteiger partial charge in [-0.1, -0.05) is 48.5 Å². The molecular formula is C18H16O2. The molecule has 0 fully saturated rings. The van der Waals surface area contributed by atoms with E-state index in [-0.39, 0.29) is 17.5 Å². The normalized spacial score (nSPS) is 17.6. The zero-order valence-electron chi connectivity index (χ0n) is 11.4. The van der Waals surface area contributed by atoms with Gasteiger partial charge < -0.3 is 0 Å². The maximum atomic E-state index is 12.6. The fourth-order valence-corrected chi connectivity index (χ4v) is 2.87. The average molecular weight is 264 g/mol. The molecule has 1 aliphatic carbocycles. The third-order valence-corrected chi connectivity index (χ3v) is 4.02. The Labute approximate surface area is 118 Å². The van der Waals surface area contributed by atoms with E-state index in [1.807, 2.05) is 48.5 Å². The van der Waals surface area contributed by atoms with Crippen LogP contribution in [0.15, 0.2) is 48.5 Å².